The Labute approximate surface area is 124 Å². The van der Waals surface area contributed by atoms with Gasteiger partial charge >= 0.3 is 0 Å². The molecule has 1 unspecified atom stereocenters. The van der Waals surface area contributed by atoms with Gasteiger partial charge in [0, 0.05) is 6.54 Å². The van der Waals surface area contributed by atoms with Crippen LogP contribution in [0.2, 0.25) is 0 Å². The predicted molar refractivity (Wildman–Crippen MR) is 78.2 cm³/mol. The predicted octanol–water partition coefficient (Wildman–Crippen LogP) is 2.84. The third-order valence-corrected chi connectivity index (χ3v) is 4.00. The maximum absolute atomic E-state index is 13.2. The second-order valence-electron chi connectivity index (χ2n) is 5.49. The molecule has 0 aliphatic carbocycles. The van der Waals surface area contributed by atoms with Gasteiger partial charge < -0.3 is 10.2 Å². The number of rotatable bonds is 7. The van der Waals surface area contributed by atoms with Crippen molar-refractivity contribution in [2.24, 2.45) is 5.92 Å². The summed E-state index contributed by atoms with van der Waals surface area (Å²) in [5, 5.41) is 2.52. The quantitative estimate of drug-likeness (QED) is 0.839. The smallest absolute Gasteiger partial charge is 0.262 e. The number of alkyl halides is 2. The summed E-state index contributed by atoms with van der Waals surface area (Å²) >= 11 is 0. The highest BCUT2D eigenvalue weighted by Crippen LogP contribution is 2.22. The maximum atomic E-state index is 13.2. The van der Waals surface area contributed by atoms with E-state index in [4.69, 9.17) is 0 Å². The van der Waals surface area contributed by atoms with Crippen molar-refractivity contribution < 1.29 is 13.6 Å². The van der Waals surface area contributed by atoms with E-state index in [1.54, 1.807) is 30.3 Å². The summed E-state index contributed by atoms with van der Waals surface area (Å²) in [4.78, 5) is 14.5. The second kappa shape index (κ2) is 7.50. The van der Waals surface area contributed by atoms with E-state index in [2.05, 4.69) is 10.2 Å². The van der Waals surface area contributed by atoms with E-state index >= 15 is 0 Å². The van der Waals surface area contributed by atoms with Crippen LogP contribution in [0.15, 0.2) is 30.3 Å². The van der Waals surface area contributed by atoms with Crippen LogP contribution in [0.3, 0.4) is 0 Å². The summed E-state index contributed by atoms with van der Waals surface area (Å²) in [7, 11) is 0. The van der Waals surface area contributed by atoms with Crippen molar-refractivity contribution in [1.29, 1.82) is 0 Å². The standard InChI is InChI=1S/C16H22F2N2O/c1-2-12(11-20-9-6-10-20)16(21)19-14(15(17)18)13-7-4-3-5-8-13/h3-5,7-8,12,14-15H,2,6,9-11H2,1H3,(H,19,21)/t12?,14-/m1/s1. The summed E-state index contributed by atoms with van der Waals surface area (Å²) in [5.41, 5.74) is 0.444. The number of likely N-dealkylation sites (tertiary alicyclic amines) is 1. The number of amides is 1. The topological polar surface area (TPSA) is 32.3 Å². The first-order valence-corrected chi connectivity index (χ1v) is 7.47. The van der Waals surface area contributed by atoms with Gasteiger partial charge in [0.05, 0.1) is 5.92 Å². The van der Waals surface area contributed by atoms with Gasteiger partial charge in [-0.25, -0.2) is 8.78 Å². The molecule has 2 rings (SSSR count). The van der Waals surface area contributed by atoms with Crippen LogP contribution in [0.4, 0.5) is 8.78 Å². The van der Waals surface area contributed by atoms with Gasteiger partial charge in [0.15, 0.2) is 0 Å². The Bertz CT molecular complexity index is 449. The molecule has 0 bridgehead atoms. The zero-order valence-corrected chi connectivity index (χ0v) is 12.3. The Balaban J connectivity index is 1.99. The molecule has 5 heteroatoms. The molecule has 2 atom stereocenters. The maximum Gasteiger partial charge on any atom is 0.262 e. The molecule has 1 N–H and O–H groups in total. The van der Waals surface area contributed by atoms with Gasteiger partial charge in [-0.15, -0.1) is 0 Å². The molecular formula is C16H22F2N2O. The van der Waals surface area contributed by atoms with Gasteiger partial charge in [-0.1, -0.05) is 37.3 Å². The fourth-order valence-electron chi connectivity index (χ4n) is 2.50. The van der Waals surface area contributed by atoms with Crippen LogP contribution in [0.25, 0.3) is 0 Å². The lowest BCUT2D eigenvalue weighted by atomic mass is 10.0. The third kappa shape index (κ3) is 4.24. The molecule has 3 nitrogen and oxygen atoms in total. The van der Waals surface area contributed by atoms with Crippen LogP contribution >= 0.6 is 0 Å². The lowest BCUT2D eigenvalue weighted by Crippen LogP contribution is -2.46. The van der Waals surface area contributed by atoms with E-state index in [9.17, 15) is 13.6 Å². The van der Waals surface area contributed by atoms with Gasteiger partial charge in [-0.05, 0) is 31.5 Å². The first kappa shape index (κ1) is 15.9. The zero-order chi connectivity index (χ0) is 15.2. The fourth-order valence-corrected chi connectivity index (χ4v) is 2.50. The van der Waals surface area contributed by atoms with Crippen LogP contribution in [-0.2, 0) is 4.79 Å². The third-order valence-electron chi connectivity index (χ3n) is 4.00. The van der Waals surface area contributed by atoms with Crippen molar-refractivity contribution in [1.82, 2.24) is 10.2 Å². The number of carbonyl (C=O) groups is 1. The lowest BCUT2D eigenvalue weighted by Gasteiger charge is -2.33. The van der Waals surface area contributed by atoms with E-state index in [0.29, 0.717) is 18.5 Å². The molecule has 1 fully saturated rings. The Kier molecular flexibility index (Phi) is 5.67. The molecule has 1 aromatic rings. The van der Waals surface area contributed by atoms with E-state index < -0.39 is 12.5 Å². The number of nitrogens with zero attached hydrogens (tertiary/aromatic N) is 1. The normalized spacial score (nSPS) is 18.1. The lowest BCUT2D eigenvalue weighted by molar-refractivity contribution is -0.128. The fraction of sp³-hybridized carbons (Fsp3) is 0.562. The number of hydrogen-bond donors (Lipinski definition) is 1. The van der Waals surface area contributed by atoms with Crippen LogP contribution in [-0.4, -0.2) is 36.9 Å². The molecular weight excluding hydrogens is 274 g/mol. The molecule has 1 heterocycles. The number of nitrogens with one attached hydrogen (secondary N) is 1. The molecule has 21 heavy (non-hydrogen) atoms. The first-order chi connectivity index (χ1) is 10.1. The van der Waals surface area contributed by atoms with Crippen LogP contribution < -0.4 is 5.32 Å². The summed E-state index contributed by atoms with van der Waals surface area (Å²) in [6, 6.07) is 7.18. The van der Waals surface area contributed by atoms with E-state index in [-0.39, 0.29) is 11.8 Å². The largest absolute Gasteiger partial charge is 0.343 e. The van der Waals surface area contributed by atoms with Gasteiger partial charge in [0.25, 0.3) is 6.43 Å². The molecule has 1 amide bonds. The van der Waals surface area contributed by atoms with Gasteiger partial charge in [-0.3, -0.25) is 4.79 Å². The van der Waals surface area contributed by atoms with E-state index in [0.717, 1.165) is 19.5 Å². The molecule has 1 aliphatic rings. The molecule has 0 aromatic heterocycles. The first-order valence-electron chi connectivity index (χ1n) is 7.47. The Hall–Kier alpha value is -1.49. The number of benzene rings is 1. The van der Waals surface area contributed by atoms with Gasteiger partial charge in [0.1, 0.15) is 6.04 Å². The van der Waals surface area contributed by atoms with Crippen molar-refractivity contribution in [3.05, 3.63) is 35.9 Å². The highest BCUT2D eigenvalue weighted by atomic mass is 19.3. The van der Waals surface area contributed by atoms with E-state index in [1.165, 1.54) is 0 Å². The minimum atomic E-state index is -2.61. The SMILES string of the molecule is CCC(CN1CCC1)C(=O)N[C@H](c1ccccc1)C(F)F. The van der Waals surface area contributed by atoms with Crippen LogP contribution in [0.5, 0.6) is 0 Å². The molecule has 1 aliphatic heterocycles. The highest BCUT2D eigenvalue weighted by molar-refractivity contribution is 5.79. The minimum Gasteiger partial charge on any atom is -0.343 e. The number of halogens is 2. The molecule has 116 valence electrons. The van der Waals surface area contributed by atoms with Crippen molar-refractivity contribution >= 4 is 5.91 Å². The Morgan fingerprint density at radius 1 is 1.29 bits per heavy atom. The average Bonchev–Trinajstić information content (AvgIpc) is 2.44. The zero-order valence-electron chi connectivity index (χ0n) is 12.3. The summed E-state index contributed by atoms with van der Waals surface area (Å²) < 4.78 is 26.5. The van der Waals surface area contributed by atoms with Crippen LogP contribution in [0, 0.1) is 5.92 Å². The Morgan fingerprint density at radius 2 is 1.95 bits per heavy atom. The van der Waals surface area contributed by atoms with Gasteiger partial charge in [-0.2, -0.15) is 0 Å². The average molecular weight is 296 g/mol. The summed E-state index contributed by atoms with van der Waals surface area (Å²) in [6.07, 6.45) is -0.799. The van der Waals surface area contributed by atoms with Crippen molar-refractivity contribution in [3.63, 3.8) is 0 Å². The number of hydrogen-bond acceptors (Lipinski definition) is 2. The molecule has 1 saturated heterocycles. The molecule has 0 saturated carbocycles. The molecule has 0 radical (unpaired) electrons. The molecule has 1 aromatic carbocycles. The Morgan fingerprint density at radius 3 is 2.43 bits per heavy atom. The second-order valence-corrected chi connectivity index (χ2v) is 5.49. The monoisotopic (exact) mass is 296 g/mol. The summed E-state index contributed by atoms with van der Waals surface area (Å²) in [5.74, 6) is -0.506. The van der Waals surface area contributed by atoms with E-state index in [1.807, 2.05) is 6.92 Å². The minimum absolute atomic E-state index is 0.227. The van der Waals surface area contributed by atoms with Crippen LogP contribution in [0.1, 0.15) is 31.4 Å². The molecule has 0 spiro atoms. The number of carbonyl (C=O) groups excluding carboxylic acids is 1. The van der Waals surface area contributed by atoms with Crippen molar-refractivity contribution in [2.45, 2.75) is 32.2 Å². The highest BCUT2D eigenvalue weighted by Gasteiger charge is 2.29. The van der Waals surface area contributed by atoms with Crippen molar-refractivity contribution in [3.8, 4) is 0 Å². The van der Waals surface area contributed by atoms with Gasteiger partial charge in [0.2, 0.25) is 5.91 Å². The van der Waals surface area contributed by atoms with Crippen molar-refractivity contribution in [2.75, 3.05) is 19.6 Å². The summed E-state index contributed by atoms with van der Waals surface area (Å²) in [6.45, 7) is 4.58.